The zero-order valence-electron chi connectivity index (χ0n) is 12.3. The molecule has 6 nitrogen and oxygen atoms in total. The Hall–Kier alpha value is -2.42. The predicted octanol–water partition coefficient (Wildman–Crippen LogP) is 3.12. The Bertz CT molecular complexity index is 805. The quantitative estimate of drug-likeness (QED) is 0.892. The number of hydrogen-bond acceptors (Lipinski definition) is 4. The zero-order valence-corrected chi connectivity index (χ0v) is 13.0. The lowest BCUT2D eigenvalue weighted by Crippen LogP contribution is -2.18. The van der Waals surface area contributed by atoms with Crippen molar-refractivity contribution in [2.45, 2.75) is 6.18 Å². The maximum absolute atomic E-state index is 12.8. The monoisotopic (exact) mass is 361 g/mol. The highest BCUT2D eigenvalue weighted by Crippen LogP contribution is 2.36. The molecule has 1 aromatic heterocycles. The van der Waals surface area contributed by atoms with E-state index >= 15 is 0 Å². The Morgan fingerprint density at radius 1 is 1.29 bits per heavy atom. The van der Waals surface area contributed by atoms with Gasteiger partial charge in [-0.1, -0.05) is 11.6 Å². The van der Waals surface area contributed by atoms with Gasteiger partial charge in [0.25, 0.3) is 5.91 Å². The van der Waals surface area contributed by atoms with E-state index in [1.807, 2.05) is 0 Å². The van der Waals surface area contributed by atoms with Crippen molar-refractivity contribution >= 4 is 23.2 Å². The molecule has 0 saturated heterocycles. The molecule has 128 valence electrons. The summed E-state index contributed by atoms with van der Waals surface area (Å²) in [5.41, 5.74) is -1.37. The normalized spacial score (nSPS) is 13.7. The van der Waals surface area contributed by atoms with Crippen LogP contribution in [0.15, 0.2) is 18.2 Å². The molecule has 24 heavy (non-hydrogen) atoms. The molecule has 2 heterocycles. The van der Waals surface area contributed by atoms with E-state index in [9.17, 15) is 18.0 Å². The van der Waals surface area contributed by atoms with Crippen LogP contribution in [-0.2, 0) is 13.2 Å². The maximum Gasteiger partial charge on any atom is 0.436 e. The van der Waals surface area contributed by atoms with Crippen LogP contribution < -0.4 is 14.8 Å². The van der Waals surface area contributed by atoms with Crippen LogP contribution in [0.3, 0.4) is 0 Å². The van der Waals surface area contributed by atoms with Gasteiger partial charge in [0.05, 0.1) is 0 Å². The van der Waals surface area contributed by atoms with Gasteiger partial charge in [-0.3, -0.25) is 9.48 Å². The Morgan fingerprint density at radius 2 is 1.96 bits per heavy atom. The summed E-state index contributed by atoms with van der Waals surface area (Å²) in [5.74, 6) is 0.144. The summed E-state index contributed by atoms with van der Waals surface area (Å²) in [5, 5.41) is 4.99. The first-order valence-electron chi connectivity index (χ1n) is 6.78. The largest absolute Gasteiger partial charge is 0.486 e. The molecule has 1 aromatic carbocycles. The van der Waals surface area contributed by atoms with Crippen LogP contribution in [0.2, 0.25) is 5.02 Å². The molecule has 0 saturated carbocycles. The molecule has 0 spiro atoms. The van der Waals surface area contributed by atoms with Gasteiger partial charge in [0.1, 0.15) is 23.9 Å². The number of fused-ring (bicyclic) bond motifs is 1. The lowest BCUT2D eigenvalue weighted by atomic mass is 10.2. The number of ether oxygens (including phenoxy) is 2. The van der Waals surface area contributed by atoms with Gasteiger partial charge in [-0.15, -0.1) is 0 Å². The van der Waals surface area contributed by atoms with E-state index in [2.05, 4.69) is 10.4 Å². The fourth-order valence-corrected chi connectivity index (χ4v) is 2.59. The lowest BCUT2D eigenvalue weighted by Gasteiger charge is -2.19. The number of nitrogens with zero attached hydrogens (tertiary/aromatic N) is 2. The number of hydrogen-bond donors (Lipinski definition) is 1. The summed E-state index contributed by atoms with van der Waals surface area (Å²) >= 11 is 5.68. The van der Waals surface area contributed by atoms with Gasteiger partial charge in [0, 0.05) is 18.8 Å². The van der Waals surface area contributed by atoms with Crippen molar-refractivity contribution in [3.8, 4) is 11.5 Å². The number of aryl methyl sites for hydroxylation is 1. The Labute approximate surface area is 139 Å². The number of anilines is 1. The Kier molecular flexibility index (Phi) is 4.04. The van der Waals surface area contributed by atoms with Gasteiger partial charge in [-0.2, -0.15) is 18.3 Å². The average Bonchev–Trinajstić information content (AvgIpc) is 2.82. The molecule has 0 atom stereocenters. The van der Waals surface area contributed by atoms with E-state index in [0.717, 1.165) is 4.68 Å². The van der Waals surface area contributed by atoms with Crippen LogP contribution in [0.5, 0.6) is 11.5 Å². The highest BCUT2D eigenvalue weighted by molar-refractivity contribution is 6.34. The van der Waals surface area contributed by atoms with Crippen molar-refractivity contribution in [3.63, 3.8) is 0 Å². The molecular weight excluding hydrogens is 351 g/mol. The van der Waals surface area contributed by atoms with Crippen LogP contribution in [0.4, 0.5) is 18.9 Å². The van der Waals surface area contributed by atoms with Gasteiger partial charge in [-0.25, -0.2) is 0 Å². The van der Waals surface area contributed by atoms with Crippen molar-refractivity contribution in [1.29, 1.82) is 0 Å². The van der Waals surface area contributed by atoms with E-state index in [4.69, 9.17) is 21.1 Å². The van der Waals surface area contributed by atoms with E-state index in [-0.39, 0.29) is 5.69 Å². The highest BCUT2D eigenvalue weighted by Gasteiger charge is 2.39. The van der Waals surface area contributed by atoms with Crippen molar-refractivity contribution in [2.75, 3.05) is 18.5 Å². The topological polar surface area (TPSA) is 65.4 Å². The van der Waals surface area contributed by atoms with E-state index < -0.39 is 22.8 Å². The van der Waals surface area contributed by atoms with E-state index in [0.29, 0.717) is 30.4 Å². The van der Waals surface area contributed by atoms with Crippen molar-refractivity contribution < 1.29 is 27.4 Å². The molecular formula is C14H11ClF3N3O3. The molecule has 10 heteroatoms. The minimum atomic E-state index is -4.75. The van der Waals surface area contributed by atoms with E-state index in [1.54, 1.807) is 12.1 Å². The summed E-state index contributed by atoms with van der Waals surface area (Å²) in [6, 6.07) is 4.65. The molecule has 0 unspecified atom stereocenters. The summed E-state index contributed by atoms with van der Waals surface area (Å²) in [6.07, 6.45) is -4.75. The molecule has 1 aliphatic heterocycles. The van der Waals surface area contributed by atoms with Gasteiger partial charge in [0.15, 0.2) is 17.2 Å². The third-order valence-electron chi connectivity index (χ3n) is 3.27. The first kappa shape index (κ1) is 16.4. The molecule has 0 aliphatic carbocycles. The molecule has 2 aromatic rings. The SMILES string of the molecule is Cn1nc(C(F)(F)F)c(Cl)c1C(=O)Nc1ccc2c(c1)OCCO2. The molecule has 1 aliphatic rings. The summed E-state index contributed by atoms with van der Waals surface area (Å²) in [4.78, 5) is 12.3. The lowest BCUT2D eigenvalue weighted by molar-refractivity contribution is -0.141. The second-order valence-corrected chi connectivity index (χ2v) is 5.32. The third kappa shape index (κ3) is 2.99. The van der Waals surface area contributed by atoms with Gasteiger partial charge < -0.3 is 14.8 Å². The summed E-state index contributed by atoms with van der Waals surface area (Å²) < 4.78 is 49.9. The minimum Gasteiger partial charge on any atom is -0.486 e. The standard InChI is InChI=1S/C14H11ClF3N3O3/c1-21-11(10(15)12(20-21)14(16,17)18)13(22)19-7-2-3-8-9(6-7)24-5-4-23-8/h2-3,6H,4-5H2,1H3,(H,19,22). The number of carbonyl (C=O) groups is 1. The number of halogens is 4. The van der Waals surface area contributed by atoms with E-state index in [1.165, 1.54) is 13.1 Å². The zero-order chi connectivity index (χ0) is 17.5. The van der Waals surface area contributed by atoms with Crippen LogP contribution in [0.25, 0.3) is 0 Å². The number of amides is 1. The molecule has 0 radical (unpaired) electrons. The van der Waals surface area contributed by atoms with Gasteiger partial charge in [-0.05, 0) is 12.1 Å². The fourth-order valence-electron chi connectivity index (χ4n) is 2.24. The number of alkyl halides is 3. The van der Waals surface area contributed by atoms with Crippen molar-refractivity contribution in [2.24, 2.45) is 7.05 Å². The number of rotatable bonds is 2. The molecule has 3 rings (SSSR count). The Balaban J connectivity index is 1.87. The Morgan fingerprint density at radius 3 is 2.58 bits per heavy atom. The second kappa shape index (κ2) is 5.90. The second-order valence-electron chi connectivity index (χ2n) is 4.95. The number of benzene rings is 1. The van der Waals surface area contributed by atoms with Crippen LogP contribution in [0.1, 0.15) is 16.2 Å². The van der Waals surface area contributed by atoms with Crippen molar-refractivity contribution in [3.05, 3.63) is 34.6 Å². The van der Waals surface area contributed by atoms with Crippen molar-refractivity contribution in [1.82, 2.24) is 9.78 Å². The minimum absolute atomic E-state index is 0.329. The molecule has 0 fully saturated rings. The number of aromatic nitrogens is 2. The summed E-state index contributed by atoms with van der Waals surface area (Å²) in [7, 11) is 1.21. The first-order chi connectivity index (χ1) is 11.3. The van der Waals surface area contributed by atoms with Crippen LogP contribution >= 0.6 is 11.6 Å². The highest BCUT2D eigenvalue weighted by atomic mass is 35.5. The molecule has 1 amide bonds. The summed E-state index contributed by atoms with van der Waals surface area (Å²) in [6.45, 7) is 0.788. The van der Waals surface area contributed by atoms with Crippen LogP contribution in [0, 0.1) is 0 Å². The smallest absolute Gasteiger partial charge is 0.436 e. The van der Waals surface area contributed by atoms with Gasteiger partial charge >= 0.3 is 6.18 Å². The fraction of sp³-hybridized carbons (Fsp3) is 0.286. The first-order valence-corrected chi connectivity index (χ1v) is 7.16. The van der Waals surface area contributed by atoms with Crippen LogP contribution in [-0.4, -0.2) is 28.9 Å². The number of carbonyl (C=O) groups excluding carboxylic acids is 1. The molecule has 1 N–H and O–H groups in total. The third-order valence-corrected chi connectivity index (χ3v) is 3.63. The molecule has 0 bridgehead atoms. The number of nitrogens with one attached hydrogen (secondary N) is 1. The average molecular weight is 362 g/mol. The maximum atomic E-state index is 12.8. The van der Waals surface area contributed by atoms with Gasteiger partial charge in [0.2, 0.25) is 0 Å². The predicted molar refractivity (Wildman–Crippen MR) is 78.6 cm³/mol.